The molecular formula is C9H12N4O. The first-order valence-electron chi connectivity index (χ1n) is 4.38. The number of nitrogens with zero attached hydrogens (tertiary/aromatic N) is 4. The second-order valence-electron chi connectivity index (χ2n) is 3.23. The van der Waals surface area contributed by atoms with Crippen LogP contribution >= 0.6 is 0 Å². The third-order valence-corrected chi connectivity index (χ3v) is 1.99. The van der Waals surface area contributed by atoms with E-state index in [9.17, 15) is 0 Å². The largest absolute Gasteiger partial charge is 0.392 e. The fourth-order valence-corrected chi connectivity index (χ4v) is 1.34. The van der Waals surface area contributed by atoms with Gasteiger partial charge < -0.3 is 9.67 Å². The van der Waals surface area contributed by atoms with E-state index in [2.05, 4.69) is 10.3 Å². The van der Waals surface area contributed by atoms with Crippen molar-refractivity contribution in [2.75, 3.05) is 0 Å². The molecule has 0 aromatic carbocycles. The lowest BCUT2D eigenvalue weighted by atomic mass is 10.4. The van der Waals surface area contributed by atoms with Crippen LogP contribution < -0.4 is 0 Å². The monoisotopic (exact) mass is 192 g/mol. The summed E-state index contributed by atoms with van der Waals surface area (Å²) in [6.45, 7) is 0.765. The van der Waals surface area contributed by atoms with Gasteiger partial charge in [0.25, 0.3) is 0 Å². The van der Waals surface area contributed by atoms with E-state index in [4.69, 9.17) is 5.11 Å². The second kappa shape index (κ2) is 3.63. The zero-order valence-electron chi connectivity index (χ0n) is 7.96. The molecule has 0 aliphatic rings. The van der Waals surface area contributed by atoms with Crippen molar-refractivity contribution in [3.8, 4) is 0 Å². The number of aliphatic hydroxyl groups excluding tert-OH is 1. The Hall–Kier alpha value is -1.62. The van der Waals surface area contributed by atoms with E-state index in [0.29, 0.717) is 6.54 Å². The van der Waals surface area contributed by atoms with Crippen molar-refractivity contribution < 1.29 is 5.11 Å². The first-order valence-corrected chi connectivity index (χ1v) is 4.38. The van der Waals surface area contributed by atoms with Crippen LogP contribution in [0.25, 0.3) is 0 Å². The molecule has 0 fully saturated rings. The Labute approximate surface area is 81.6 Å². The molecule has 0 atom stereocenters. The van der Waals surface area contributed by atoms with Gasteiger partial charge in [-0.3, -0.25) is 4.68 Å². The zero-order valence-corrected chi connectivity index (χ0v) is 7.96. The molecule has 14 heavy (non-hydrogen) atoms. The maximum Gasteiger partial charge on any atom is 0.102 e. The van der Waals surface area contributed by atoms with Crippen LogP contribution in [0.5, 0.6) is 0 Å². The minimum Gasteiger partial charge on any atom is -0.392 e. The summed E-state index contributed by atoms with van der Waals surface area (Å²) in [6.07, 6.45) is 5.69. The molecule has 0 unspecified atom stereocenters. The molecule has 0 radical (unpaired) electrons. The highest BCUT2D eigenvalue weighted by Crippen LogP contribution is 2.03. The van der Waals surface area contributed by atoms with Crippen molar-refractivity contribution in [2.45, 2.75) is 13.2 Å². The Bertz CT molecular complexity index is 418. The maximum atomic E-state index is 8.88. The summed E-state index contributed by atoms with van der Waals surface area (Å²) in [5, 5.41) is 16.7. The molecule has 0 saturated heterocycles. The number of hydrogen-bond acceptors (Lipinski definition) is 3. The van der Waals surface area contributed by atoms with Gasteiger partial charge in [-0.05, 0) is 11.6 Å². The summed E-state index contributed by atoms with van der Waals surface area (Å²) in [5.41, 5.74) is 1.82. The standard InChI is InChI=1S/C9H12N4O/c1-12-5-9(10-11-12)6-13-3-2-8(4-13)7-14/h2-5,14H,6-7H2,1H3. The van der Waals surface area contributed by atoms with E-state index in [1.807, 2.05) is 36.3 Å². The minimum atomic E-state index is 0.0769. The highest BCUT2D eigenvalue weighted by atomic mass is 16.3. The van der Waals surface area contributed by atoms with Gasteiger partial charge >= 0.3 is 0 Å². The Morgan fingerprint density at radius 1 is 1.43 bits per heavy atom. The van der Waals surface area contributed by atoms with Gasteiger partial charge in [0, 0.05) is 25.6 Å². The lowest BCUT2D eigenvalue weighted by molar-refractivity contribution is 0.282. The van der Waals surface area contributed by atoms with Crippen LogP contribution in [0.1, 0.15) is 11.3 Å². The molecule has 2 rings (SSSR count). The van der Waals surface area contributed by atoms with Gasteiger partial charge in [-0.15, -0.1) is 5.10 Å². The summed E-state index contributed by atoms with van der Waals surface area (Å²) in [5.74, 6) is 0. The highest BCUT2D eigenvalue weighted by molar-refractivity contribution is 5.10. The van der Waals surface area contributed by atoms with Crippen molar-refractivity contribution in [3.63, 3.8) is 0 Å². The fraction of sp³-hybridized carbons (Fsp3) is 0.333. The van der Waals surface area contributed by atoms with Gasteiger partial charge in [0.15, 0.2) is 0 Å². The minimum absolute atomic E-state index is 0.0769. The summed E-state index contributed by atoms with van der Waals surface area (Å²) in [6, 6.07) is 1.89. The molecule has 0 spiro atoms. The first-order chi connectivity index (χ1) is 6.78. The molecule has 5 heteroatoms. The topological polar surface area (TPSA) is 55.9 Å². The predicted molar refractivity (Wildman–Crippen MR) is 50.5 cm³/mol. The van der Waals surface area contributed by atoms with Gasteiger partial charge in [-0.2, -0.15) is 0 Å². The van der Waals surface area contributed by atoms with Crippen molar-refractivity contribution in [3.05, 3.63) is 35.9 Å². The van der Waals surface area contributed by atoms with Crippen LogP contribution in [0, 0.1) is 0 Å². The number of aromatic nitrogens is 4. The normalized spacial score (nSPS) is 10.7. The van der Waals surface area contributed by atoms with Crippen LogP contribution in [0.4, 0.5) is 0 Å². The SMILES string of the molecule is Cn1cc(Cn2ccc(CO)c2)nn1. The van der Waals surface area contributed by atoms with Crippen molar-refractivity contribution in [1.29, 1.82) is 0 Å². The van der Waals surface area contributed by atoms with Gasteiger partial charge in [-0.1, -0.05) is 5.21 Å². The maximum absolute atomic E-state index is 8.88. The summed E-state index contributed by atoms with van der Waals surface area (Å²) in [7, 11) is 1.84. The van der Waals surface area contributed by atoms with Gasteiger partial charge in [0.1, 0.15) is 5.69 Å². The van der Waals surface area contributed by atoms with Crippen LogP contribution in [0.2, 0.25) is 0 Å². The Kier molecular flexibility index (Phi) is 2.32. The zero-order chi connectivity index (χ0) is 9.97. The van der Waals surface area contributed by atoms with Crippen molar-refractivity contribution >= 4 is 0 Å². The van der Waals surface area contributed by atoms with Gasteiger partial charge in [0.05, 0.1) is 13.2 Å². The van der Waals surface area contributed by atoms with Crippen molar-refractivity contribution in [1.82, 2.24) is 19.6 Å². The average molecular weight is 192 g/mol. The Morgan fingerprint density at radius 3 is 2.86 bits per heavy atom. The third kappa shape index (κ3) is 1.82. The van der Waals surface area contributed by atoms with Crippen LogP contribution in [-0.4, -0.2) is 24.7 Å². The average Bonchev–Trinajstić information content (AvgIpc) is 2.76. The van der Waals surface area contributed by atoms with Gasteiger partial charge in [0.2, 0.25) is 0 Å². The summed E-state index contributed by atoms with van der Waals surface area (Å²) < 4.78 is 3.64. The smallest absolute Gasteiger partial charge is 0.102 e. The first kappa shape index (κ1) is 8.96. The van der Waals surface area contributed by atoms with E-state index < -0.39 is 0 Å². The number of aliphatic hydroxyl groups is 1. The second-order valence-corrected chi connectivity index (χ2v) is 3.23. The van der Waals surface area contributed by atoms with Crippen molar-refractivity contribution in [2.24, 2.45) is 7.05 Å². The quantitative estimate of drug-likeness (QED) is 0.753. The molecule has 0 aliphatic heterocycles. The molecule has 1 N–H and O–H groups in total. The molecule has 2 heterocycles. The summed E-state index contributed by atoms with van der Waals surface area (Å²) in [4.78, 5) is 0. The molecule has 0 bridgehead atoms. The molecule has 2 aromatic heterocycles. The Morgan fingerprint density at radius 2 is 2.29 bits per heavy atom. The summed E-state index contributed by atoms with van der Waals surface area (Å²) >= 11 is 0. The van der Waals surface area contributed by atoms with Gasteiger partial charge in [-0.25, -0.2) is 0 Å². The molecule has 0 saturated carbocycles. The number of rotatable bonds is 3. The molecule has 0 aliphatic carbocycles. The molecular weight excluding hydrogens is 180 g/mol. The molecule has 74 valence electrons. The third-order valence-electron chi connectivity index (χ3n) is 1.99. The highest BCUT2D eigenvalue weighted by Gasteiger charge is 2.00. The predicted octanol–water partition coefficient (Wildman–Crippen LogP) is 0.157. The van der Waals surface area contributed by atoms with E-state index in [-0.39, 0.29) is 6.61 Å². The fourth-order valence-electron chi connectivity index (χ4n) is 1.34. The molecule has 2 aromatic rings. The van der Waals surface area contributed by atoms with E-state index in [1.165, 1.54) is 0 Å². The lowest BCUT2D eigenvalue weighted by Crippen LogP contribution is -1.96. The lowest BCUT2D eigenvalue weighted by Gasteiger charge is -1.96. The molecule has 5 nitrogen and oxygen atoms in total. The van der Waals surface area contributed by atoms with Crippen LogP contribution in [0.3, 0.4) is 0 Å². The van der Waals surface area contributed by atoms with Crippen LogP contribution in [-0.2, 0) is 20.2 Å². The van der Waals surface area contributed by atoms with Crippen LogP contribution in [0.15, 0.2) is 24.7 Å². The van der Waals surface area contributed by atoms with E-state index in [0.717, 1.165) is 11.3 Å². The van der Waals surface area contributed by atoms with E-state index in [1.54, 1.807) is 4.68 Å². The molecule has 0 amide bonds. The number of aryl methyl sites for hydroxylation is 1. The van der Waals surface area contributed by atoms with E-state index >= 15 is 0 Å². The number of hydrogen-bond donors (Lipinski definition) is 1. The Balaban J connectivity index is 2.10.